The van der Waals surface area contributed by atoms with Gasteiger partial charge in [-0.2, -0.15) is 0 Å². The van der Waals surface area contributed by atoms with Crippen molar-refractivity contribution in [3.8, 4) is 0 Å². The van der Waals surface area contributed by atoms with Crippen LogP contribution in [0, 0.1) is 34.5 Å². The Kier molecular flexibility index (Phi) is 3.33. The lowest BCUT2D eigenvalue weighted by Gasteiger charge is -2.56. The zero-order valence-electron chi connectivity index (χ0n) is 17.1. The SMILES string of the molecule is COC1=CCC2=C(C=C(C)[C@@H]3[C@@H]2CC[C@]2(C)[C@@H](C(C)(C)O)C[C@@H]4C[C@@]432)C1. The van der Waals surface area contributed by atoms with Crippen LogP contribution >= 0.6 is 0 Å². The van der Waals surface area contributed by atoms with Crippen molar-refractivity contribution in [2.75, 3.05) is 7.11 Å². The first kappa shape index (κ1) is 17.1. The lowest BCUT2D eigenvalue weighted by molar-refractivity contribution is -0.0893. The highest BCUT2D eigenvalue weighted by atomic mass is 16.5. The fraction of sp³-hybridized carbons (Fsp3) is 0.750. The van der Waals surface area contributed by atoms with Crippen molar-refractivity contribution >= 4 is 0 Å². The van der Waals surface area contributed by atoms with Crippen LogP contribution in [0.15, 0.2) is 34.6 Å². The molecule has 5 aliphatic carbocycles. The summed E-state index contributed by atoms with van der Waals surface area (Å²) in [5.74, 6) is 3.84. The smallest absolute Gasteiger partial charge is 0.0962 e. The second-order valence-electron chi connectivity index (χ2n) is 10.6. The first-order chi connectivity index (χ1) is 12.2. The summed E-state index contributed by atoms with van der Waals surface area (Å²) in [5, 5.41) is 10.9. The second-order valence-corrected chi connectivity index (χ2v) is 10.6. The van der Waals surface area contributed by atoms with Gasteiger partial charge in [-0.15, -0.1) is 0 Å². The molecule has 6 atom stereocenters. The van der Waals surface area contributed by atoms with E-state index >= 15 is 0 Å². The molecule has 0 bridgehead atoms. The fourth-order valence-corrected chi connectivity index (χ4v) is 8.28. The van der Waals surface area contributed by atoms with E-state index in [1.807, 2.05) is 0 Å². The minimum Gasteiger partial charge on any atom is -0.501 e. The summed E-state index contributed by atoms with van der Waals surface area (Å²) in [5.41, 5.74) is 5.04. The highest BCUT2D eigenvalue weighted by molar-refractivity contribution is 5.46. The number of fused-ring (bicyclic) bond motifs is 2. The average molecular weight is 355 g/mol. The number of methoxy groups -OCH3 is 1. The molecule has 0 aromatic rings. The minimum atomic E-state index is -0.556. The van der Waals surface area contributed by atoms with Crippen molar-refractivity contribution in [3.63, 3.8) is 0 Å². The molecule has 2 heteroatoms. The molecule has 1 spiro atoms. The summed E-state index contributed by atoms with van der Waals surface area (Å²) in [6.45, 7) is 9.02. The van der Waals surface area contributed by atoms with Gasteiger partial charge in [0.1, 0.15) is 0 Å². The normalized spacial score (nSPS) is 46.5. The van der Waals surface area contributed by atoms with Crippen LogP contribution in [0.4, 0.5) is 0 Å². The third kappa shape index (κ3) is 1.92. The predicted octanol–water partition coefficient (Wildman–Crippen LogP) is 5.40. The molecule has 142 valence electrons. The number of aliphatic hydroxyl groups is 1. The van der Waals surface area contributed by atoms with Gasteiger partial charge in [-0.25, -0.2) is 0 Å². The van der Waals surface area contributed by atoms with Crippen molar-refractivity contribution < 1.29 is 9.84 Å². The Bertz CT molecular complexity index is 749. The number of ether oxygens (including phenoxy) is 1. The molecule has 3 saturated carbocycles. The Morgan fingerprint density at radius 2 is 2.08 bits per heavy atom. The van der Waals surface area contributed by atoms with Crippen molar-refractivity contribution in [2.24, 2.45) is 34.5 Å². The Morgan fingerprint density at radius 1 is 1.31 bits per heavy atom. The molecule has 0 saturated heterocycles. The number of allylic oxidation sites excluding steroid dienone is 5. The lowest BCUT2D eigenvalue weighted by atomic mass is 9.49. The summed E-state index contributed by atoms with van der Waals surface area (Å²) in [6, 6.07) is 0. The van der Waals surface area contributed by atoms with Crippen LogP contribution in [0.25, 0.3) is 0 Å². The molecule has 5 aliphatic rings. The highest BCUT2D eigenvalue weighted by Crippen LogP contribution is 2.84. The van der Waals surface area contributed by atoms with Crippen molar-refractivity contribution in [1.82, 2.24) is 0 Å². The van der Waals surface area contributed by atoms with Crippen molar-refractivity contribution in [3.05, 3.63) is 34.6 Å². The molecule has 26 heavy (non-hydrogen) atoms. The molecule has 0 aliphatic heterocycles. The first-order valence-electron chi connectivity index (χ1n) is 10.6. The van der Waals surface area contributed by atoms with Gasteiger partial charge in [0.2, 0.25) is 0 Å². The minimum absolute atomic E-state index is 0.298. The average Bonchev–Trinajstić information content (AvgIpc) is 3.23. The van der Waals surface area contributed by atoms with E-state index in [4.69, 9.17) is 4.74 Å². The van der Waals surface area contributed by atoms with E-state index in [1.165, 1.54) is 31.3 Å². The summed E-state index contributed by atoms with van der Waals surface area (Å²) in [6.07, 6.45) is 12.1. The molecule has 0 heterocycles. The summed E-state index contributed by atoms with van der Waals surface area (Å²) >= 11 is 0. The maximum atomic E-state index is 10.9. The highest BCUT2D eigenvalue weighted by Gasteiger charge is 2.78. The number of hydrogen-bond donors (Lipinski definition) is 1. The van der Waals surface area contributed by atoms with Crippen LogP contribution < -0.4 is 0 Å². The topological polar surface area (TPSA) is 29.5 Å². The zero-order chi connectivity index (χ0) is 18.5. The molecule has 2 nitrogen and oxygen atoms in total. The summed E-state index contributed by atoms with van der Waals surface area (Å²) in [4.78, 5) is 0. The van der Waals surface area contributed by atoms with Gasteiger partial charge in [0.25, 0.3) is 0 Å². The molecule has 0 unspecified atom stereocenters. The molecule has 5 rings (SSSR count). The molecule has 0 aromatic carbocycles. The van der Waals surface area contributed by atoms with Gasteiger partial charge < -0.3 is 9.84 Å². The van der Waals surface area contributed by atoms with E-state index in [0.717, 1.165) is 30.4 Å². The summed E-state index contributed by atoms with van der Waals surface area (Å²) < 4.78 is 5.55. The largest absolute Gasteiger partial charge is 0.501 e. The van der Waals surface area contributed by atoms with E-state index in [0.29, 0.717) is 22.7 Å². The van der Waals surface area contributed by atoms with Gasteiger partial charge in [0.05, 0.1) is 18.5 Å². The van der Waals surface area contributed by atoms with Gasteiger partial charge in [0, 0.05) is 6.42 Å². The van der Waals surface area contributed by atoms with Crippen molar-refractivity contribution in [1.29, 1.82) is 0 Å². The zero-order valence-corrected chi connectivity index (χ0v) is 17.1. The maximum Gasteiger partial charge on any atom is 0.0962 e. The standard InChI is InChI=1S/C24H34O2/c1-14-10-15-11-17(26-5)6-7-18(15)19-8-9-23(4)20(22(2,3)25)12-16-13-24(16,23)21(14)19/h6,10,16,19-21,25H,7-9,11-13H2,1-5H3/t16-,19-,20-,21-,23-,24-/m1/s1. The Morgan fingerprint density at radius 3 is 2.77 bits per heavy atom. The number of rotatable bonds is 2. The van der Waals surface area contributed by atoms with Crippen LogP contribution in [0.1, 0.15) is 66.2 Å². The van der Waals surface area contributed by atoms with Gasteiger partial charge >= 0.3 is 0 Å². The molecule has 3 fully saturated rings. The Hall–Kier alpha value is -1.02. The molecule has 1 N–H and O–H groups in total. The van der Waals surface area contributed by atoms with Crippen LogP contribution in [0.2, 0.25) is 0 Å². The quantitative estimate of drug-likeness (QED) is 0.720. The van der Waals surface area contributed by atoms with E-state index < -0.39 is 5.60 Å². The Balaban J connectivity index is 1.54. The third-order valence-corrected chi connectivity index (χ3v) is 9.22. The van der Waals surface area contributed by atoms with Crippen molar-refractivity contribution in [2.45, 2.75) is 71.8 Å². The monoisotopic (exact) mass is 354 g/mol. The summed E-state index contributed by atoms with van der Waals surface area (Å²) in [7, 11) is 1.80. The second kappa shape index (κ2) is 5.07. The Labute approximate surface area is 158 Å². The van der Waals surface area contributed by atoms with Gasteiger partial charge in [-0.05, 0) is 99.0 Å². The third-order valence-electron chi connectivity index (χ3n) is 9.22. The van der Waals surface area contributed by atoms with Gasteiger partial charge in [-0.3, -0.25) is 0 Å². The molecule has 0 aromatic heterocycles. The lowest BCUT2D eigenvalue weighted by Crippen LogP contribution is -2.51. The van der Waals surface area contributed by atoms with Gasteiger partial charge in [0.15, 0.2) is 0 Å². The first-order valence-corrected chi connectivity index (χ1v) is 10.6. The molecular weight excluding hydrogens is 320 g/mol. The molecular formula is C24H34O2. The predicted molar refractivity (Wildman–Crippen MR) is 104 cm³/mol. The van der Waals surface area contributed by atoms with Crippen LogP contribution in [0.5, 0.6) is 0 Å². The maximum absolute atomic E-state index is 10.9. The van der Waals surface area contributed by atoms with Crippen LogP contribution in [-0.2, 0) is 4.74 Å². The fourth-order valence-electron chi connectivity index (χ4n) is 8.28. The van der Waals surface area contributed by atoms with E-state index in [1.54, 1.807) is 18.3 Å². The van der Waals surface area contributed by atoms with E-state index in [-0.39, 0.29) is 0 Å². The van der Waals surface area contributed by atoms with Gasteiger partial charge in [-0.1, -0.05) is 24.1 Å². The van der Waals surface area contributed by atoms with E-state index in [9.17, 15) is 5.11 Å². The number of hydrogen-bond acceptors (Lipinski definition) is 2. The molecule has 0 radical (unpaired) electrons. The van der Waals surface area contributed by atoms with Crippen LogP contribution in [0.3, 0.4) is 0 Å². The molecule has 0 amide bonds. The van der Waals surface area contributed by atoms with Crippen LogP contribution in [-0.4, -0.2) is 17.8 Å². The van der Waals surface area contributed by atoms with E-state index in [2.05, 4.69) is 39.8 Å².